The largest absolute Gasteiger partial charge is 0.351 e. The zero-order valence-electron chi connectivity index (χ0n) is 12.8. The molecular formula is C20H16BrNO. The van der Waals surface area contributed by atoms with Crippen LogP contribution in [0.25, 0.3) is 17.0 Å². The molecule has 23 heavy (non-hydrogen) atoms. The number of ketones is 1. The highest BCUT2D eigenvalue weighted by molar-refractivity contribution is 9.10. The van der Waals surface area contributed by atoms with Crippen LogP contribution >= 0.6 is 15.9 Å². The van der Waals surface area contributed by atoms with Crippen molar-refractivity contribution < 1.29 is 4.79 Å². The van der Waals surface area contributed by atoms with Crippen LogP contribution in [0.4, 0.5) is 0 Å². The number of hydrogen-bond donors (Lipinski definition) is 0. The van der Waals surface area contributed by atoms with Gasteiger partial charge in [-0.2, -0.15) is 0 Å². The summed E-state index contributed by atoms with van der Waals surface area (Å²) in [6.45, 7) is 0. The summed E-state index contributed by atoms with van der Waals surface area (Å²) in [5, 5.41) is 1.20. The van der Waals surface area contributed by atoms with E-state index >= 15 is 0 Å². The lowest BCUT2D eigenvalue weighted by molar-refractivity contribution is 0.102. The summed E-state index contributed by atoms with van der Waals surface area (Å²) in [7, 11) is 2.04. The van der Waals surface area contributed by atoms with Gasteiger partial charge in [-0.1, -0.05) is 28.1 Å². The maximum absolute atomic E-state index is 12.7. The van der Waals surface area contributed by atoms with Crippen LogP contribution in [0.2, 0.25) is 0 Å². The molecule has 3 heteroatoms. The molecule has 0 N–H and O–H groups in total. The molecule has 2 nitrogen and oxygen atoms in total. The first-order valence-corrected chi connectivity index (χ1v) is 8.50. The van der Waals surface area contributed by atoms with Crippen molar-refractivity contribution in [3.8, 4) is 0 Å². The van der Waals surface area contributed by atoms with Gasteiger partial charge in [0.2, 0.25) is 0 Å². The topological polar surface area (TPSA) is 22.0 Å². The summed E-state index contributed by atoms with van der Waals surface area (Å²) < 4.78 is 3.06. The summed E-state index contributed by atoms with van der Waals surface area (Å²) in [4.78, 5) is 12.7. The summed E-state index contributed by atoms with van der Waals surface area (Å²) in [6, 6.07) is 14.4. The van der Waals surface area contributed by atoms with Crippen molar-refractivity contribution in [3.63, 3.8) is 0 Å². The van der Waals surface area contributed by atoms with Crippen LogP contribution in [0.15, 0.2) is 58.7 Å². The van der Waals surface area contributed by atoms with Gasteiger partial charge in [0.1, 0.15) is 0 Å². The van der Waals surface area contributed by atoms with E-state index in [-0.39, 0.29) is 5.78 Å². The van der Waals surface area contributed by atoms with Crippen LogP contribution in [0, 0.1) is 0 Å². The van der Waals surface area contributed by atoms with Gasteiger partial charge in [0.15, 0.2) is 5.78 Å². The van der Waals surface area contributed by atoms with Gasteiger partial charge >= 0.3 is 0 Å². The van der Waals surface area contributed by atoms with Crippen molar-refractivity contribution in [2.75, 3.05) is 0 Å². The second-order valence-electron chi connectivity index (χ2n) is 6.05. The van der Waals surface area contributed by atoms with Gasteiger partial charge in [0, 0.05) is 39.8 Å². The van der Waals surface area contributed by atoms with E-state index in [1.54, 1.807) is 0 Å². The summed E-state index contributed by atoms with van der Waals surface area (Å²) >= 11 is 3.46. The number of carbonyl (C=O) groups excluding carboxylic acids is 1. The normalized spacial score (nSPS) is 16.1. The van der Waals surface area contributed by atoms with Crippen LogP contribution in [0.1, 0.15) is 27.9 Å². The molecule has 0 saturated carbocycles. The molecule has 0 saturated heterocycles. The third-order valence-corrected chi connectivity index (χ3v) is 5.02. The van der Waals surface area contributed by atoms with Gasteiger partial charge in [-0.25, -0.2) is 0 Å². The second kappa shape index (κ2) is 5.50. The maximum Gasteiger partial charge on any atom is 0.189 e. The molecular weight excluding hydrogens is 350 g/mol. The van der Waals surface area contributed by atoms with E-state index < -0.39 is 0 Å². The Hall–Kier alpha value is -2.13. The number of allylic oxidation sites excluding steroid dienone is 1. The lowest BCUT2D eigenvalue weighted by atomic mass is 9.86. The Kier molecular flexibility index (Phi) is 3.46. The SMILES string of the molecule is Cn1ccc2cc(/C=C3\CCc4ccc(Br)cc4C3=O)ccc21. The van der Waals surface area contributed by atoms with Crippen LogP contribution in [-0.2, 0) is 13.5 Å². The number of fused-ring (bicyclic) bond motifs is 2. The van der Waals surface area contributed by atoms with E-state index in [0.29, 0.717) is 0 Å². The number of halogens is 1. The standard InChI is InChI=1S/C20H16BrNO/c1-22-9-8-15-10-13(2-7-19(15)22)11-16-4-3-14-5-6-17(21)12-18(14)20(16)23/h2,5-12H,3-4H2,1H3/b16-11+. The molecule has 0 amide bonds. The van der Waals surface area contributed by atoms with Crippen molar-refractivity contribution in [3.05, 3.63) is 75.4 Å². The first-order chi connectivity index (χ1) is 11.1. The summed E-state index contributed by atoms with van der Waals surface area (Å²) in [5.74, 6) is 0.153. The maximum atomic E-state index is 12.7. The monoisotopic (exact) mass is 365 g/mol. The molecule has 0 radical (unpaired) electrons. The predicted octanol–water partition coefficient (Wildman–Crippen LogP) is 5.15. The van der Waals surface area contributed by atoms with Crippen LogP contribution < -0.4 is 0 Å². The average molecular weight is 366 g/mol. The minimum absolute atomic E-state index is 0.153. The molecule has 1 aromatic heterocycles. The Morgan fingerprint density at radius 1 is 1.09 bits per heavy atom. The molecule has 1 aliphatic rings. The fourth-order valence-corrected chi connectivity index (χ4v) is 3.62. The van der Waals surface area contributed by atoms with E-state index in [9.17, 15) is 4.79 Å². The number of rotatable bonds is 1. The Balaban J connectivity index is 1.74. The molecule has 0 aliphatic heterocycles. The lowest BCUT2D eigenvalue weighted by Crippen LogP contribution is -2.14. The molecule has 0 unspecified atom stereocenters. The summed E-state index contributed by atoms with van der Waals surface area (Å²) in [5.41, 5.74) is 5.17. The first-order valence-electron chi connectivity index (χ1n) is 7.70. The van der Waals surface area contributed by atoms with E-state index in [1.165, 1.54) is 10.9 Å². The molecule has 4 rings (SSSR count). The highest BCUT2D eigenvalue weighted by Gasteiger charge is 2.21. The molecule has 1 heterocycles. The Bertz CT molecular complexity index is 965. The zero-order valence-corrected chi connectivity index (χ0v) is 14.4. The summed E-state index contributed by atoms with van der Waals surface area (Å²) in [6.07, 6.45) is 5.83. The van der Waals surface area contributed by atoms with Crippen LogP contribution in [-0.4, -0.2) is 10.4 Å². The number of carbonyl (C=O) groups is 1. The first kappa shape index (κ1) is 14.5. The van der Waals surface area contributed by atoms with Crippen molar-refractivity contribution in [2.24, 2.45) is 7.05 Å². The van der Waals surface area contributed by atoms with E-state index in [0.717, 1.165) is 39.6 Å². The van der Waals surface area contributed by atoms with E-state index in [2.05, 4.69) is 51.0 Å². The highest BCUT2D eigenvalue weighted by Crippen LogP contribution is 2.29. The number of benzene rings is 2. The molecule has 2 aromatic carbocycles. The van der Waals surface area contributed by atoms with E-state index in [4.69, 9.17) is 0 Å². The number of hydrogen-bond acceptors (Lipinski definition) is 1. The lowest BCUT2D eigenvalue weighted by Gasteiger charge is -2.17. The molecule has 0 spiro atoms. The van der Waals surface area contributed by atoms with Gasteiger partial charge < -0.3 is 4.57 Å². The number of aryl methyl sites for hydroxylation is 2. The smallest absolute Gasteiger partial charge is 0.189 e. The fourth-order valence-electron chi connectivity index (χ4n) is 3.26. The van der Waals surface area contributed by atoms with Crippen molar-refractivity contribution in [1.82, 2.24) is 4.57 Å². The number of nitrogens with zero attached hydrogens (tertiary/aromatic N) is 1. The minimum atomic E-state index is 0.153. The van der Waals surface area contributed by atoms with Gasteiger partial charge in [-0.05, 0) is 60.4 Å². The van der Waals surface area contributed by atoms with Crippen LogP contribution in [0.3, 0.4) is 0 Å². The molecule has 3 aromatic rings. The molecule has 0 fully saturated rings. The average Bonchev–Trinajstić information content (AvgIpc) is 2.91. The third kappa shape index (κ3) is 2.55. The molecule has 114 valence electrons. The predicted molar refractivity (Wildman–Crippen MR) is 97.7 cm³/mol. The van der Waals surface area contributed by atoms with Crippen molar-refractivity contribution in [2.45, 2.75) is 12.8 Å². The van der Waals surface area contributed by atoms with Crippen molar-refractivity contribution in [1.29, 1.82) is 0 Å². The number of aromatic nitrogens is 1. The van der Waals surface area contributed by atoms with E-state index in [1.807, 2.05) is 31.3 Å². The fraction of sp³-hybridized carbons (Fsp3) is 0.150. The minimum Gasteiger partial charge on any atom is -0.351 e. The number of Topliss-reactive ketones (excluding diaryl/α,β-unsaturated/α-hetero) is 1. The zero-order chi connectivity index (χ0) is 16.0. The van der Waals surface area contributed by atoms with Gasteiger partial charge in [0.25, 0.3) is 0 Å². The molecule has 1 aliphatic carbocycles. The second-order valence-corrected chi connectivity index (χ2v) is 6.96. The Labute approximate surface area is 143 Å². The third-order valence-electron chi connectivity index (χ3n) is 4.52. The Morgan fingerprint density at radius 3 is 2.83 bits per heavy atom. The van der Waals surface area contributed by atoms with Gasteiger partial charge in [-0.15, -0.1) is 0 Å². The molecule has 0 atom stereocenters. The van der Waals surface area contributed by atoms with Gasteiger partial charge in [-0.3, -0.25) is 4.79 Å². The van der Waals surface area contributed by atoms with Crippen LogP contribution in [0.5, 0.6) is 0 Å². The van der Waals surface area contributed by atoms with Gasteiger partial charge in [0.05, 0.1) is 0 Å². The highest BCUT2D eigenvalue weighted by atomic mass is 79.9. The van der Waals surface area contributed by atoms with Crippen molar-refractivity contribution >= 4 is 38.7 Å². The quantitative estimate of drug-likeness (QED) is 0.546. The molecule has 0 bridgehead atoms. The Morgan fingerprint density at radius 2 is 1.96 bits per heavy atom.